The van der Waals surface area contributed by atoms with Gasteiger partial charge in [0.1, 0.15) is 5.82 Å². The predicted octanol–water partition coefficient (Wildman–Crippen LogP) is 3.16. The summed E-state index contributed by atoms with van der Waals surface area (Å²) >= 11 is 0. The molecular weight excluding hydrogens is 359 g/mol. The highest BCUT2D eigenvalue weighted by Crippen LogP contribution is 2.38. The van der Waals surface area contributed by atoms with Crippen molar-refractivity contribution in [3.05, 3.63) is 65.1 Å². The molecule has 0 radical (unpaired) electrons. The number of carbonyl (C=O) groups excluding carboxylic acids is 1. The minimum Gasteiger partial charge on any atom is -0.311 e. The number of aryl methyl sites for hydroxylation is 1. The Morgan fingerprint density at radius 1 is 1.22 bits per heavy atom. The van der Waals surface area contributed by atoms with Crippen LogP contribution in [0.5, 0.6) is 0 Å². The summed E-state index contributed by atoms with van der Waals surface area (Å²) in [6.07, 6.45) is 0.893. The molecule has 1 aromatic carbocycles. The fraction of sp³-hybridized carbons (Fsp3) is 0.278. The lowest BCUT2D eigenvalue weighted by Gasteiger charge is -2.23. The maximum atomic E-state index is 13.3. The average molecular weight is 375 g/mol. The van der Waals surface area contributed by atoms with E-state index in [1.807, 2.05) is 6.20 Å². The van der Waals surface area contributed by atoms with Crippen LogP contribution < -0.4 is 5.32 Å². The second-order valence-corrected chi connectivity index (χ2v) is 6.51. The highest BCUT2D eigenvalue weighted by atomic mass is 19.4. The fourth-order valence-corrected chi connectivity index (χ4v) is 3.40. The molecule has 0 saturated carbocycles. The minimum absolute atomic E-state index is 0.0913. The maximum Gasteiger partial charge on any atom is 0.416 e. The summed E-state index contributed by atoms with van der Waals surface area (Å²) in [4.78, 5) is 12.2. The van der Waals surface area contributed by atoms with Crippen molar-refractivity contribution in [1.29, 1.82) is 0 Å². The topological polar surface area (TPSA) is 64.7 Å². The number of alkyl halides is 3. The molecule has 1 N–H and O–H groups in total. The van der Waals surface area contributed by atoms with Crippen LogP contribution in [0.15, 0.2) is 42.9 Å². The van der Waals surface area contributed by atoms with Crippen LogP contribution >= 0.6 is 0 Å². The van der Waals surface area contributed by atoms with E-state index in [1.165, 1.54) is 16.8 Å². The molecule has 0 spiro atoms. The van der Waals surface area contributed by atoms with Crippen LogP contribution in [0.2, 0.25) is 0 Å². The largest absolute Gasteiger partial charge is 0.416 e. The van der Waals surface area contributed by atoms with E-state index in [4.69, 9.17) is 0 Å². The molecule has 0 saturated heterocycles. The van der Waals surface area contributed by atoms with E-state index in [0.29, 0.717) is 5.82 Å². The minimum atomic E-state index is -4.45. The van der Waals surface area contributed by atoms with E-state index in [-0.39, 0.29) is 30.4 Å². The number of nitrogens with zero attached hydrogens (tertiary/aromatic N) is 4. The second-order valence-electron chi connectivity index (χ2n) is 6.51. The van der Waals surface area contributed by atoms with Crippen molar-refractivity contribution in [1.82, 2.24) is 19.6 Å². The van der Waals surface area contributed by atoms with Crippen molar-refractivity contribution in [3.8, 4) is 0 Å². The third-order valence-electron chi connectivity index (χ3n) is 4.66. The van der Waals surface area contributed by atoms with Crippen molar-refractivity contribution in [3.63, 3.8) is 0 Å². The first-order chi connectivity index (χ1) is 12.8. The number of fused-ring (bicyclic) bond motifs is 1. The zero-order valence-electron chi connectivity index (χ0n) is 14.4. The van der Waals surface area contributed by atoms with Gasteiger partial charge in [-0.1, -0.05) is 18.2 Å². The van der Waals surface area contributed by atoms with Gasteiger partial charge in [-0.15, -0.1) is 0 Å². The molecule has 9 heteroatoms. The molecule has 6 nitrogen and oxygen atoms in total. The lowest BCUT2D eigenvalue weighted by atomic mass is 9.89. The molecule has 1 aliphatic heterocycles. The number of anilines is 1. The van der Waals surface area contributed by atoms with Gasteiger partial charge in [-0.25, -0.2) is 4.68 Å². The summed E-state index contributed by atoms with van der Waals surface area (Å²) in [5.41, 5.74) is 1.02. The zero-order chi connectivity index (χ0) is 19.2. The summed E-state index contributed by atoms with van der Waals surface area (Å²) in [6.45, 7) is -0.0922. The Morgan fingerprint density at radius 3 is 2.70 bits per heavy atom. The van der Waals surface area contributed by atoms with Crippen LogP contribution in [0.4, 0.5) is 19.0 Å². The fourth-order valence-electron chi connectivity index (χ4n) is 3.40. The number of rotatable bonds is 3. The Hall–Kier alpha value is -3.10. The quantitative estimate of drug-likeness (QED) is 0.765. The smallest absolute Gasteiger partial charge is 0.311 e. The number of aromatic nitrogens is 4. The highest BCUT2D eigenvalue weighted by molar-refractivity contribution is 5.94. The molecule has 27 heavy (non-hydrogen) atoms. The standard InChI is InChI=1S/C18H16F3N5O/c1-25-9-12(7-22-25)13-6-16(27)24-17-14(13)8-23-26(17)10-11-4-2-3-5-15(11)18(19,20)21/h2-5,7-9,13H,6,10H2,1H3,(H,24,27). The van der Waals surface area contributed by atoms with E-state index in [1.54, 1.807) is 30.2 Å². The first kappa shape index (κ1) is 17.3. The van der Waals surface area contributed by atoms with Crippen LogP contribution in [0, 0.1) is 0 Å². The molecule has 1 amide bonds. The zero-order valence-corrected chi connectivity index (χ0v) is 14.4. The second kappa shape index (κ2) is 6.26. The Labute approximate surface area is 152 Å². The number of hydrogen-bond acceptors (Lipinski definition) is 3. The number of hydrogen-bond donors (Lipinski definition) is 1. The number of carbonyl (C=O) groups is 1. The Balaban J connectivity index is 1.72. The third kappa shape index (κ3) is 3.20. The van der Waals surface area contributed by atoms with Crippen LogP contribution in [0.25, 0.3) is 0 Å². The molecule has 1 aliphatic rings. The summed E-state index contributed by atoms with van der Waals surface area (Å²) in [7, 11) is 1.78. The normalized spacial score (nSPS) is 16.9. The van der Waals surface area contributed by atoms with E-state index in [0.717, 1.165) is 17.2 Å². The monoisotopic (exact) mass is 375 g/mol. The molecule has 0 bridgehead atoms. The lowest BCUT2D eigenvalue weighted by Crippen LogP contribution is -2.25. The molecule has 0 aliphatic carbocycles. The van der Waals surface area contributed by atoms with E-state index >= 15 is 0 Å². The van der Waals surface area contributed by atoms with Gasteiger partial charge in [0.2, 0.25) is 5.91 Å². The van der Waals surface area contributed by atoms with Crippen molar-refractivity contribution >= 4 is 11.7 Å². The van der Waals surface area contributed by atoms with Gasteiger partial charge < -0.3 is 5.32 Å². The van der Waals surface area contributed by atoms with Crippen LogP contribution in [0.3, 0.4) is 0 Å². The van der Waals surface area contributed by atoms with Crippen molar-refractivity contribution in [2.45, 2.75) is 25.1 Å². The molecular formula is C18H16F3N5O. The van der Waals surface area contributed by atoms with Crippen molar-refractivity contribution in [2.24, 2.45) is 7.05 Å². The van der Waals surface area contributed by atoms with Gasteiger partial charge in [0.05, 0.1) is 24.5 Å². The first-order valence-electron chi connectivity index (χ1n) is 8.32. The van der Waals surface area contributed by atoms with Crippen LogP contribution in [0.1, 0.15) is 34.6 Å². The average Bonchev–Trinajstić information content (AvgIpc) is 3.21. The highest BCUT2D eigenvalue weighted by Gasteiger charge is 2.34. The number of benzene rings is 1. The molecule has 1 unspecified atom stereocenters. The Bertz CT molecular complexity index is 1000. The van der Waals surface area contributed by atoms with Gasteiger partial charge in [0.15, 0.2) is 0 Å². The number of amides is 1. The molecule has 4 rings (SSSR count). The van der Waals surface area contributed by atoms with Crippen LogP contribution in [-0.2, 0) is 24.6 Å². The van der Waals surface area contributed by atoms with E-state index in [2.05, 4.69) is 15.5 Å². The molecule has 2 aromatic heterocycles. The van der Waals surface area contributed by atoms with Gasteiger partial charge in [-0.3, -0.25) is 9.48 Å². The summed E-state index contributed by atoms with van der Waals surface area (Å²) < 4.78 is 42.8. The Kier molecular flexibility index (Phi) is 4.01. The van der Waals surface area contributed by atoms with Crippen molar-refractivity contribution < 1.29 is 18.0 Å². The van der Waals surface area contributed by atoms with Gasteiger partial charge in [0, 0.05) is 31.1 Å². The molecule has 140 valence electrons. The molecule has 1 atom stereocenters. The van der Waals surface area contributed by atoms with Crippen molar-refractivity contribution in [2.75, 3.05) is 5.32 Å². The van der Waals surface area contributed by atoms with Gasteiger partial charge in [-0.2, -0.15) is 23.4 Å². The van der Waals surface area contributed by atoms with E-state index in [9.17, 15) is 18.0 Å². The molecule has 3 heterocycles. The maximum absolute atomic E-state index is 13.3. The van der Waals surface area contributed by atoms with E-state index < -0.39 is 11.7 Å². The number of nitrogens with one attached hydrogen (secondary N) is 1. The summed E-state index contributed by atoms with van der Waals surface area (Å²) in [6, 6.07) is 5.37. The van der Waals surface area contributed by atoms with Gasteiger partial charge >= 0.3 is 6.18 Å². The third-order valence-corrected chi connectivity index (χ3v) is 4.66. The lowest BCUT2D eigenvalue weighted by molar-refractivity contribution is -0.138. The van der Waals surface area contributed by atoms with Crippen LogP contribution in [-0.4, -0.2) is 25.5 Å². The summed E-state index contributed by atoms with van der Waals surface area (Å²) in [5, 5.41) is 11.1. The number of halogens is 3. The SMILES string of the molecule is Cn1cc(C2CC(=O)Nc3c2cnn3Cc2ccccc2C(F)(F)F)cn1. The summed E-state index contributed by atoms with van der Waals surface area (Å²) in [5.74, 6) is -0.00616. The Morgan fingerprint density at radius 2 is 2.00 bits per heavy atom. The first-order valence-corrected chi connectivity index (χ1v) is 8.32. The van der Waals surface area contributed by atoms with Gasteiger partial charge in [0.25, 0.3) is 0 Å². The molecule has 3 aromatic rings. The van der Waals surface area contributed by atoms with Gasteiger partial charge in [-0.05, 0) is 17.2 Å². The predicted molar refractivity (Wildman–Crippen MR) is 91.1 cm³/mol. The molecule has 0 fully saturated rings.